The minimum Gasteiger partial charge on any atom is -0.490 e. The standard InChI is InChI=1S/C33H26Cl4N2O3S/c1-4-41-29-14-22(13-28(37)31(29)42-18-21-6-5-7-23(34)12-21)15-30-32(40)39(25-11-9-20(3)27(36)17-25)33(43-30)38-24-10-8-19(2)26(35)16-24/h5-17H,4,18H2,1-3H3/b30-15+,38-33?. The summed E-state index contributed by atoms with van der Waals surface area (Å²) in [6.07, 6.45) is 1.76. The summed E-state index contributed by atoms with van der Waals surface area (Å²) >= 11 is 26.9. The highest BCUT2D eigenvalue weighted by Crippen LogP contribution is 2.42. The Hall–Kier alpha value is -3.13. The van der Waals surface area contributed by atoms with Crippen molar-refractivity contribution in [2.75, 3.05) is 11.5 Å². The van der Waals surface area contributed by atoms with Crippen LogP contribution in [0.15, 0.2) is 82.7 Å². The van der Waals surface area contributed by atoms with Gasteiger partial charge in [0.15, 0.2) is 16.7 Å². The van der Waals surface area contributed by atoms with E-state index in [-0.39, 0.29) is 12.5 Å². The van der Waals surface area contributed by atoms with E-state index in [9.17, 15) is 4.79 Å². The summed E-state index contributed by atoms with van der Waals surface area (Å²) in [5.41, 5.74) is 4.62. The Labute approximate surface area is 275 Å². The molecule has 0 aliphatic carbocycles. The molecule has 10 heteroatoms. The number of benzene rings is 4. The number of carbonyl (C=O) groups is 1. The molecule has 0 bridgehead atoms. The number of rotatable bonds is 8. The molecule has 5 nitrogen and oxygen atoms in total. The van der Waals surface area contributed by atoms with Gasteiger partial charge in [-0.15, -0.1) is 0 Å². The third-order valence-electron chi connectivity index (χ3n) is 6.50. The number of amides is 1. The number of hydrogen-bond donors (Lipinski definition) is 0. The third kappa shape index (κ3) is 7.34. The van der Waals surface area contributed by atoms with Crippen molar-refractivity contribution in [3.63, 3.8) is 0 Å². The fraction of sp³-hybridized carbons (Fsp3) is 0.152. The van der Waals surface area contributed by atoms with Crippen molar-refractivity contribution in [3.05, 3.63) is 120 Å². The number of carbonyl (C=O) groups excluding carboxylic acids is 1. The fourth-order valence-corrected chi connectivity index (χ4v) is 6.10. The van der Waals surface area contributed by atoms with Crippen LogP contribution < -0.4 is 14.4 Å². The van der Waals surface area contributed by atoms with E-state index in [0.717, 1.165) is 16.7 Å². The third-order valence-corrected chi connectivity index (χ3v) is 8.80. The van der Waals surface area contributed by atoms with Crippen molar-refractivity contribution in [3.8, 4) is 11.5 Å². The summed E-state index contributed by atoms with van der Waals surface area (Å²) in [7, 11) is 0. The van der Waals surface area contributed by atoms with Crippen LogP contribution in [0.1, 0.15) is 29.2 Å². The van der Waals surface area contributed by atoms with E-state index in [1.807, 2.05) is 63.2 Å². The number of aliphatic imine (C=N–C) groups is 1. The van der Waals surface area contributed by atoms with Gasteiger partial charge < -0.3 is 9.47 Å². The Balaban J connectivity index is 1.51. The minimum atomic E-state index is -0.253. The monoisotopic (exact) mass is 670 g/mol. The van der Waals surface area contributed by atoms with Crippen LogP contribution in [0.4, 0.5) is 11.4 Å². The van der Waals surface area contributed by atoms with Crippen LogP contribution in [-0.2, 0) is 11.4 Å². The number of thioether (sulfide) groups is 1. The number of hydrogen-bond acceptors (Lipinski definition) is 5. The summed E-state index contributed by atoms with van der Waals surface area (Å²) in [5, 5.41) is 2.57. The van der Waals surface area contributed by atoms with Gasteiger partial charge in [0.2, 0.25) is 0 Å². The molecule has 1 aliphatic heterocycles. The smallest absolute Gasteiger partial charge is 0.271 e. The quantitative estimate of drug-likeness (QED) is 0.175. The lowest BCUT2D eigenvalue weighted by Gasteiger charge is -2.17. The molecular weight excluding hydrogens is 646 g/mol. The molecule has 0 unspecified atom stereocenters. The van der Waals surface area contributed by atoms with Crippen molar-refractivity contribution >= 4 is 86.7 Å². The highest BCUT2D eigenvalue weighted by atomic mass is 35.5. The molecule has 0 N–H and O–H groups in total. The predicted octanol–water partition coefficient (Wildman–Crippen LogP) is 10.7. The van der Waals surface area contributed by atoms with Crippen molar-refractivity contribution in [1.82, 2.24) is 0 Å². The first-order chi connectivity index (χ1) is 20.6. The Bertz CT molecular complexity index is 1770. The molecule has 220 valence electrons. The average Bonchev–Trinajstić information content (AvgIpc) is 3.26. The zero-order valence-electron chi connectivity index (χ0n) is 23.5. The summed E-state index contributed by atoms with van der Waals surface area (Å²) in [6, 6.07) is 21.9. The van der Waals surface area contributed by atoms with Gasteiger partial charge in [-0.1, -0.05) is 70.7 Å². The van der Waals surface area contributed by atoms with E-state index in [0.29, 0.717) is 65.2 Å². The zero-order chi connectivity index (χ0) is 30.7. The van der Waals surface area contributed by atoms with Crippen LogP contribution in [-0.4, -0.2) is 17.7 Å². The lowest BCUT2D eigenvalue weighted by Crippen LogP contribution is -2.28. The molecule has 1 saturated heterocycles. The van der Waals surface area contributed by atoms with Gasteiger partial charge in [0.05, 0.1) is 27.9 Å². The van der Waals surface area contributed by atoms with E-state index in [1.54, 1.807) is 41.3 Å². The molecule has 1 heterocycles. The molecular formula is C33H26Cl4N2O3S. The van der Waals surface area contributed by atoms with Gasteiger partial charge in [-0.05, 0) is 109 Å². The summed E-state index contributed by atoms with van der Waals surface area (Å²) in [5.74, 6) is 0.618. The first kappa shape index (κ1) is 31.3. The molecule has 4 aromatic carbocycles. The van der Waals surface area contributed by atoms with E-state index < -0.39 is 0 Å². The molecule has 1 amide bonds. The average molecular weight is 672 g/mol. The second-order valence-corrected chi connectivity index (χ2v) is 12.4. The van der Waals surface area contributed by atoms with E-state index in [1.165, 1.54) is 11.8 Å². The topological polar surface area (TPSA) is 51.1 Å². The van der Waals surface area contributed by atoms with E-state index >= 15 is 0 Å². The number of anilines is 1. The number of halogens is 4. The first-order valence-corrected chi connectivity index (χ1v) is 15.6. The number of ether oxygens (including phenoxy) is 2. The van der Waals surface area contributed by atoms with Gasteiger partial charge in [0.25, 0.3) is 5.91 Å². The molecule has 4 aromatic rings. The SMILES string of the molecule is CCOc1cc(/C=C2/SC(=Nc3ccc(C)c(Cl)c3)N(c3ccc(C)c(Cl)c3)C2=O)cc(Cl)c1OCc1cccc(Cl)c1. The van der Waals surface area contributed by atoms with Crippen molar-refractivity contribution in [2.45, 2.75) is 27.4 Å². The number of amidine groups is 1. The summed E-state index contributed by atoms with van der Waals surface area (Å²) in [4.78, 5) is 20.6. The van der Waals surface area contributed by atoms with Crippen LogP contribution in [0, 0.1) is 13.8 Å². The van der Waals surface area contributed by atoms with E-state index in [2.05, 4.69) is 0 Å². The van der Waals surface area contributed by atoms with Gasteiger partial charge in [0, 0.05) is 15.1 Å². The van der Waals surface area contributed by atoms with Crippen molar-refractivity contribution in [2.24, 2.45) is 4.99 Å². The fourth-order valence-electron chi connectivity index (χ4n) is 4.27. The maximum absolute atomic E-state index is 13.9. The maximum Gasteiger partial charge on any atom is 0.271 e. The largest absolute Gasteiger partial charge is 0.490 e. The molecule has 0 aromatic heterocycles. The van der Waals surface area contributed by atoms with Crippen LogP contribution in [0.3, 0.4) is 0 Å². The molecule has 0 atom stereocenters. The second-order valence-electron chi connectivity index (χ2n) is 9.69. The molecule has 1 aliphatic rings. The van der Waals surface area contributed by atoms with E-state index in [4.69, 9.17) is 60.9 Å². The predicted molar refractivity (Wildman–Crippen MR) is 181 cm³/mol. The summed E-state index contributed by atoms with van der Waals surface area (Å²) < 4.78 is 11.9. The van der Waals surface area contributed by atoms with Gasteiger partial charge in [-0.3, -0.25) is 9.69 Å². The van der Waals surface area contributed by atoms with Crippen LogP contribution >= 0.6 is 58.2 Å². The molecule has 5 rings (SSSR count). The second kappa shape index (κ2) is 13.7. The molecule has 0 spiro atoms. The molecule has 0 radical (unpaired) electrons. The van der Waals surface area contributed by atoms with Gasteiger partial charge in [-0.2, -0.15) is 0 Å². The lowest BCUT2D eigenvalue weighted by molar-refractivity contribution is -0.113. The summed E-state index contributed by atoms with van der Waals surface area (Å²) in [6.45, 7) is 6.36. The van der Waals surface area contributed by atoms with Crippen molar-refractivity contribution < 1.29 is 14.3 Å². The maximum atomic E-state index is 13.9. The van der Waals surface area contributed by atoms with Gasteiger partial charge in [-0.25, -0.2) is 4.99 Å². The molecule has 0 saturated carbocycles. The highest BCUT2D eigenvalue weighted by Gasteiger charge is 2.35. The zero-order valence-corrected chi connectivity index (χ0v) is 27.3. The van der Waals surface area contributed by atoms with Crippen molar-refractivity contribution in [1.29, 1.82) is 0 Å². The van der Waals surface area contributed by atoms with Gasteiger partial charge >= 0.3 is 0 Å². The van der Waals surface area contributed by atoms with Crippen LogP contribution in [0.5, 0.6) is 11.5 Å². The van der Waals surface area contributed by atoms with Crippen LogP contribution in [0.25, 0.3) is 6.08 Å². The highest BCUT2D eigenvalue weighted by molar-refractivity contribution is 8.19. The molecule has 43 heavy (non-hydrogen) atoms. The Morgan fingerprint density at radius 3 is 2.30 bits per heavy atom. The van der Waals surface area contributed by atoms with Gasteiger partial charge in [0.1, 0.15) is 6.61 Å². The first-order valence-electron chi connectivity index (χ1n) is 13.3. The Morgan fingerprint density at radius 1 is 0.860 bits per heavy atom. The Morgan fingerprint density at radius 2 is 1.60 bits per heavy atom. The normalized spacial score (nSPS) is 15.0. The number of nitrogens with zero attached hydrogens (tertiary/aromatic N) is 2. The minimum absolute atomic E-state index is 0.253. The Kier molecular flexibility index (Phi) is 9.95. The number of aryl methyl sites for hydroxylation is 2. The van der Waals surface area contributed by atoms with Crippen LogP contribution in [0.2, 0.25) is 20.1 Å². The lowest BCUT2D eigenvalue weighted by atomic mass is 10.1. The molecule has 1 fully saturated rings.